The molecule has 4 heterocycles. The first-order chi connectivity index (χ1) is 17.1. The van der Waals surface area contributed by atoms with Crippen LogP contribution in [0.3, 0.4) is 0 Å². The largest absolute Gasteiger partial charge is 0.383 e. The standard InChI is InChI=1S/C25H18FN9/c26-18-7-3-2-6-17(18)21-15(9-14-5-1-4-8-19(14)33-21)12-35-24-20(23(27)31-13-32-24)22(34-35)16-10-29-25(28)30-11-16/h1-11,13H,12H2,(H2,27,31,32)(H2,28,29,30). The number of para-hydroxylation sites is 1. The molecule has 4 N–H and O–H groups in total. The van der Waals surface area contributed by atoms with Crippen molar-refractivity contribution in [2.24, 2.45) is 0 Å². The first-order valence-electron chi connectivity index (χ1n) is 10.8. The highest BCUT2D eigenvalue weighted by Crippen LogP contribution is 2.32. The third-order valence-corrected chi connectivity index (χ3v) is 5.76. The van der Waals surface area contributed by atoms with Gasteiger partial charge >= 0.3 is 0 Å². The lowest BCUT2D eigenvalue weighted by molar-refractivity contribution is 0.630. The molecule has 0 unspecified atom stereocenters. The second-order valence-electron chi connectivity index (χ2n) is 7.96. The molecule has 6 rings (SSSR count). The summed E-state index contributed by atoms with van der Waals surface area (Å²) in [5.74, 6) is 0.0747. The van der Waals surface area contributed by atoms with E-state index >= 15 is 0 Å². The summed E-state index contributed by atoms with van der Waals surface area (Å²) in [6, 6.07) is 16.3. The molecule has 0 fully saturated rings. The van der Waals surface area contributed by atoms with Crippen molar-refractivity contribution in [1.29, 1.82) is 0 Å². The first kappa shape index (κ1) is 20.6. The summed E-state index contributed by atoms with van der Waals surface area (Å²) in [6.45, 7) is 0.268. The van der Waals surface area contributed by atoms with E-state index in [2.05, 4.69) is 19.9 Å². The average molecular weight is 463 g/mol. The summed E-state index contributed by atoms with van der Waals surface area (Å²) in [7, 11) is 0. The highest BCUT2D eigenvalue weighted by atomic mass is 19.1. The smallest absolute Gasteiger partial charge is 0.219 e. The summed E-state index contributed by atoms with van der Waals surface area (Å²) < 4.78 is 16.5. The molecule has 0 aliphatic heterocycles. The number of hydrogen-bond acceptors (Lipinski definition) is 8. The summed E-state index contributed by atoms with van der Waals surface area (Å²) in [6.07, 6.45) is 4.53. The first-order valence-corrected chi connectivity index (χ1v) is 10.8. The molecular formula is C25H18FN9. The van der Waals surface area contributed by atoms with Crippen LogP contribution in [0.1, 0.15) is 5.56 Å². The maximum atomic E-state index is 14.8. The third kappa shape index (κ3) is 3.57. The molecular weight excluding hydrogens is 445 g/mol. The molecule has 0 aliphatic carbocycles. The van der Waals surface area contributed by atoms with Gasteiger partial charge in [0.2, 0.25) is 5.95 Å². The van der Waals surface area contributed by atoms with E-state index in [1.54, 1.807) is 35.3 Å². The van der Waals surface area contributed by atoms with E-state index in [0.29, 0.717) is 33.5 Å². The lowest BCUT2D eigenvalue weighted by Gasteiger charge is -2.12. The highest BCUT2D eigenvalue weighted by molar-refractivity contribution is 5.98. The Hall–Kier alpha value is -4.99. The summed E-state index contributed by atoms with van der Waals surface area (Å²) >= 11 is 0. The number of nitrogens with two attached hydrogens (primary N) is 2. The SMILES string of the molecule is Nc1ncc(-c2nn(Cc3cc4ccccc4nc3-c3ccccc3F)c3ncnc(N)c23)cn1. The van der Waals surface area contributed by atoms with Gasteiger partial charge < -0.3 is 11.5 Å². The maximum Gasteiger partial charge on any atom is 0.219 e. The molecule has 0 atom stereocenters. The lowest BCUT2D eigenvalue weighted by Crippen LogP contribution is -2.06. The number of anilines is 2. The third-order valence-electron chi connectivity index (χ3n) is 5.76. The fraction of sp³-hybridized carbons (Fsp3) is 0.0400. The van der Waals surface area contributed by atoms with Gasteiger partial charge in [-0.1, -0.05) is 30.3 Å². The minimum Gasteiger partial charge on any atom is -0.383 e. The molecule has 0 saturated heterocycles. The number of benzene rings is 2. The molecule has 170 valence electrons. The number of nitrogen functional groups attached to an aromatic ring is 2. The van der Waals surface area contributed by atoms with Gasteiger partial charge in [-0.15, -0.1) is 0 Å². The van der Waals surface area contributed by atoms with Crippen LogP contribution in [0, 0.1) is 5.82 Å². The Morgan fingerprint density at radius 1 is 0.857 bits per heavy atom. The predicted octanol–water partition coefficient (Wildman–Crippen LogP) is 3.85. The van der Waals surface area contributed by atoms with Gasteiger partial charge in [-0.05, 0) is 24.3 Å². The van der Waals surface area contributed by atoms with Gasteiger partial charge in [0.25, 0.3) is 0 Å². The molecule has 6 aromatic rings. The molecule has 0 amide bonds. The van der Waals surface area contributed by atoms with Crippen molar-refractivity contribution >= 4 is 33.7 Å². The van der Waals surface area contributed by atoms with Crippen molar-refractivity contribution in [1.82, 2.24) is 34.7 Å². The van der Waals surface area contributed by atoms with Crippen molar-refractivity contribution < 1.29 is 4.39 Å². The topological polar surface area (TPSA) is 134 Å². The Kier molecular flexibility index (Phi) is 4.77. The Morgan fingerprint density at radius 2 is 1.63 bits per heavy atom. The fourth-order valence-corrected chi connectivity index (χ4v) is 4.13. The molecule has 0 spiro atoms. The van der Waals surface area contributed by atoms with E-state index in [0.717, 1.165) is 16.5 Å². The van der Waals surface area contributed by atoms with Gasteiger partial charge in [0, 0.05) is 34.5 Å². The van der Waals surface area contributed by atoms with Crippen molar-refractivity contribution in [3.8, 4) is 22.5 Å². The van der Waals surface area contributed by atoms with Gasteiger partial charge in [0.05, 0.1) is 23.1 Å². The lowest BCUT2D eigenvalue weighted by atomic mass is 10.0. The number of halogens is 1. The molecule has 0 radical (unpaired) electrons. The minimum absolute atomic E-state index is 0.151. The zero-order valence-electron chi connectivity index (χ0n) is 18.3. The van der Waals surface area contributed by atoms with E-state index in [4.69, 9.17) is 21.5 Å². The van der Waals surface area contributed by atoms with Gasteiger partial charge in [0.1, 0.15) is 23.7 Å². The normalized spacial score (nSPS) is 11.3. The van der Waals surface area contributed by atoms with Crippen LogP contribution in [0.4, 0.5) is 16.2 Å². The molecule has 10 heteroatoms. The van der Waals surface area contributed by atoms with Crippen LogP contribution >= 0.6 is 0 Å². The molecule has 2 aromatic carbocycles. The molecule has 9 nitrogen and oxygen atoms in total. The fourth-order valence-electron chi connectivity index (χ4n) is 4.13. The van der Waals surface area contributed by atoms with Crippen LogP contribution in [0.25, 0.3) is 44.5 Å². The van der Waals surface area contributed by atoms with Crippen molar-refractivity contribution in [2.45, 2.75) is 6.54 Å². The number of rotatable bonds is 4. The van der Waals surface area contributed by atoms with Crippen LogP contribution in [0.2, 0.25) is 0 Å². The van der Waals surface area contributed by atoms with Crippen LogP contribution in [0.5, 0.6) is 0 Å². The molecule has 4 aromatic heterocycles. The molecule has 0 bridgehead atoms. The predicted molar refractivity (Wildman–Crippen MR) is 131 cm³/mol. The molecule has 0 saturated carbocycles. The van der Waals surface area contributed by atoms with E-state index in [9.17, 15) is 4.39 Å². The quantitative estimate of drug-likeness (QED) is 0.403. The average Bonchev–Trinajstić information content (AvgIpc) is 3.24. The Labute approximate surface area is 198 Å². The Morgan fingerprint density at radius 3 is 2.46 bits per heavy atom. The summed E-state index contributed by atoms with van der Waals surface area (Å²) in [5, 5.41) is 6.28. The van der Waals surface area contributed by atoms with Crippen molar-refractivity contribution in [3.63, 3.8) is 0 Å². The highest BCUT2D eigenvalue weighted by Gasteiger charge is 2.20. The summed E-state index contributed by atoms with van der Waals surface area (Å²) in [4.78, 5) is 21.5. The minimum atomic E-state index is -0.354. The molecule has 0 aliphatic rings. The number of nitrogens with zero attached hydrogens (tertiary/aromatic N) is 7. The van der Waals surface area contributed by atoms with E-state index in [1.807, 2.05) is 30.3 Å². The van der Waals surface area contributed by atoms with Crippen molar-refractivity contribution in [2.75, 3.05) is 11.5 Å². The van der Waals surface area contributed by atoms with Crippen LogP contribution in [0.15, 0.2) is 73.3 Å². The van der Waals surface area contributed by atoms with E-state index in [-0.39, 0.29) is 24.1 Å². The number of fused-ring (bicyclic) bond motifs is 2. The van der Waals surface area contributed by atoms with Crippen LogP contribution in [-0.2, 0) is 6.54 Å². The second-order valence-corrected chi connectivity index (χ2v) is 7.96. The maximum absolute atomic E-state index is 14.8. The van der Waals surface area contributed by atoms with Gasteiger partial charge in [-0.25, -0.2) is 34.0 Å². The Bertz CT molecular complexity index is 1710. The van der Waals surface area contributed by atoms with Crippen LogP contribution in [-0.4, -0.2) is 34.7 Å². The molecule has 35 heavy (non-hydrogen) atoms. The zero-order valence-corrected chi connectivity index (χ0v) is 18.3. The monoisotopic (exact) mass is 463 g/mol. The zero-order chi connectivity index (χ0) is 23.9. The van der Waals surface area contributed by atoms with Gasteiger partial charge in [-0.2, -0.15) is 5.10 Å². The van der Waals surface area contributed by atoms with Crippen LogP contribution < -0.4 is 11.5 Å². The summed E-state index contributed by atoms with van der Waals surface area (Å²) in [5.41, 5.74) is 16.0. The second kappa shape index (κ2) is 8.10. The Balaban J connectivity index is 1.57. The van der Waals surface area contributed by atoms with E-state index in [1.165, 1.54) is 12.4 Å². The van der Waals surface area contributed by atoms with E-state index < -0.39 is 0 Å². The number of aromatic nitrogens is 7. The van der Waals surface area contributed by atoms with Gasteiger partial charge in [0.15, 0.2) is 5.65 Å². The number of hydrogen-bond donors (Lipinski definition) is 2. The number of pyridine rings is 1. The van der Waals surface area contributed by atoms with Gasteiger partial charge in [-0.3, -0.25) is 0 Å². The van der Waals surface area contributed by atoms with Crippen molar-refractivity contribution in [3.05, 3.63) is 84.7 Å².